The number of benzene rings is 1. The van der Waals surface area contributed by atoms with E-state index in [2.05, 4.69) is 20.3 Å². The lowest BCUT2D eigenvalue weighted by molar-refractivity contribution is -0.117. The molecular formula is C21H26N6O2. The second kappa shape index (κ2) is 8.06. The van der Waals surface area contributed by atoms with Crippen LogP contribution in [-0.2, 0) is 11.3 Å². The van der Waals surface area contributed by atoms with Gasteiger partial charge in [-0.3, -0.25) is 4.79 Å². The number of aryl methyl sites for hydroxylation is 2. The van der Waals surface area contributed by atoms with Gasteiger partial charge in [0.05, 0.1) is 0 Å². The van der Waals surface area contributed by atoms with E-state index < -0.39 is 0 Å². The van der Waals surface area contributed by atoms with Crippen molar-refractivity contribution in [1.82, 2.24) is 19.2 Å². The Morgan fingerprint density at radius 1 is 1.14 bits per heavy atom. The van der Waals surface area contributed by atoms with E-state index >= 15 is 0 Å². The van der Waals surface area contributed by atoms with Crippen LogP contribution >= 0.6 is 0 Å². The highest BCUT2D eigenvalue weighted by Crippen LogP contribution is 2.20. The number of amides is 1. The predicted molar refractivity (Wildman–Crippen MR) is 112 cm³/mol. The molecule has 1 aliphatic heterocycles. The Morgan fingerprint density at radius 2 is 1.90 bits per heavy atom. The summed E-state index contributed by atoms with van der Waals surface area (Å²) in [6.07, 6.45) is 7.85. The number of nitrogens with zero attached hydrogens (tertiary/aromatic N) is 5. The van der Waals surface area contributed by atoms with Gasteiger partial charge in [-0.25, -0.2) is 18.9 Å². The van der Waals surface area contributed by atoms with Crippen LogP contribution < -0.4 is 15.9 Å². The number of rotatable bonds is 4. The third kappa shape index (κ3) is 4.01. The number of hydrogen-bond acceptors (Lipinski definition) is 5. The molecule has 0 radical (unpaired) electrons. The minimum absolute atomic E-state index is 0.146. The molecule has 1 saturated heterocycles. The second-order valence-electron chi connectivity index (χ2n) is 7.65. The first-order chi connectivity index (χ1) is 14.0. The highest BCUT2D eigenvalue weighted by molar-refractivity contribution is 5.91. The fourth-order valence-corrected chi connectivity index (χ4v) is 3.82. The first-order valence-corrected chi connectivity index (χ1v) is 10.1. The average molecular weight is 394 g/mol. The molecule has 29 heavy (non-hydrogen) atoms. The maximum absolute atomic E-state index is 12.8. The van der Waals surface area contributed by atoms with Gasteiger partial charge in [0.2, 0.25) is 11.6 Å². The van der Waals surface area contributed by atoms with Crippen molar-refractivity contribution in [2.75, 3.05) is 23.3 Å². The zero-order valence-corrected chi connectivity index (χ0v) is 16.9. The van der Waals surface area contributed by atoms with Gasteiger partial charge in [-0.2, -0.15) is 0 Å². The summed E-state index contributed by atoms with van der Waals surface area (Å²) in [5.41, 5.74) is 3.01. The Morgan fingerprint density at radius 3 is 2.62 bits per heavy atom. The molecule has 1 amide bonds. The van der Waals surface area contributed by atoms with E-state index in [9.17, 15) is 9.59 Å². The molecule has 152 valence electrons. The fraction of sp³-hybridized carbons (Fsp3) is 0.429. The van der Waals surface area contributed by atoms with Gasteiger partial charge >= 0.3 is 5.69 Å². The molecule has 2 aromatic heterocycles. The average Bonchev–Trinajstić information content (AvgIpc) is 2.88. The molecule has 1 aliphatic rings. The van der Waals surface area contributed by atoms with Gasteiger partial charge in [-0.05, 0) is 38.3 Å². The quantitative estimate of drug-likeness (QED) is 0.735. The maximum atomic E-state index is 12.8. The third-order valence-corrected chi connectivity index (χ3v) is 5.34. The Balaban J connectivity index is 1.59. The lowest BCUT2D eigenvalue weighted by atomic mass is 10.1. The monoisotopic (exact) mass is 394 g/mol. The summed E-state index contributed by atoms with van der Waals surface area (Å²) in [5, 5.41) is 7.31. The first kappa shape index (κ1) is 19.2. The topological polar surface area (TPSA) is 84.5 Å². The summed E-state index contributed by atoms with van der Waals surface area (Å²) in [5.74, 6) is 0.423. The first-order valence-electron chi connectivity index (χ1n) is 10.1. The zero-order valence-electron chi connectivity index (χ0n) is 16.9. The lowest BCUT2D eigenvalue weighted by Crippen LogP contribution is -2.28. The highest BCUT2D eigenvalue weighted by Gasteiger charge is 2.19. The molecule has 3 aromatic rings. The SMILES string of the molecule is Cc1ccc(NC(=O)Cn2nc3c(N4CCCCCC4)nccn3c2=O)c(C)c1. The summed E-state index contributed by atoms with van der Waals surface area (Å²) in [6, 6.07) is 5.82. The van der Waals surface area contributed by atoms with Crippen LogP contribution in [0.3, 0.4) is 0 Å². The van der Waals surface area contributed by atoms with Crippen molar-refractivity contribution in [2.24, 2.45) is 0 Å². The smallest absolute Gasteiger partial charge is 0.350 e. The van der Waals surface area contributed by atoms with Crippen LogP contribution in [0, 0.1) is 13.8 Å². The molecule has 8 nitrogen and oxygen atoms in total. The van der Waals surface area contributed by atoms with Gasteiger partial charge in [0.15, 0.2) is 5.82 Å². The van der Waals surface area contributed by atoms with Crippen LogP contribution in [0.25, 0.3) is 5.65 Å². The molecule has 0 aliphatic carbocycles. The van der Waals surface area contributed by atoms with Crippen molar-refractivity contribution in [3.05, 3.63) is 52.2 Å². The molecule has 1 fully saturated rings. The molecule has 8 heteroatoms. The standard InChI is InChI=1S/C21H26N6O2/c1-15-7-8-17(16(2)13-15)23-18(28)14-27-21(29)26-12-9-22-19(20(26)24-27)25-10-5-3-4-6-11-25/h7-9,12-13H,3-6,10-11,14H2,1-2H3,(H,23,28). The summed E-state index contributed by atoms with van der Waals surface area (Å²) >= 11 is 0. The lowest BCUT2D eigenvalue weighted by Gasteiger charge is -2.20. The van der Waals surface area contributed by atoms with Crippen LogP contribution in [-0.4, -0.2) is 38.2 Å². The van der Waals surface area contributed by atoms with E-state index in [1.807, 2.05) is 32.0 Å². The number of aromatic nitrogens is 4. The molecular weight excluding hydrogens is 368 g/mol. The van der Waals surface area contributed by atoms with Gasteiger partial charge in [0, 0.05) is 31.2 Å². The molecule has 1 N–H and O–H groups in total. The molecule has 0 unspecified atom stereocenters. The number of anilines is 2. The van der Waals surface area contributed by atoms with E-state index in [4.69, 9.17) is 0 Å². The largest absolute Gasteiger partial charge is 0.353 e. The third-order valence-electron chi connectivity index (χ3n) is 5.34. The van der Waals surface area contributed by atoms with E-state index in [1.165, 1.54) is 21.9 Å². The van der Waals surface area contributed by atoms with E-state index in [0.717, 1.165) is 42.7 Å². The molecule has 0 saturated carbocycles. The molecule has 4 rings (SSSR count). The van der Waals surface area contributed by atoms with E-state index in [0.29, 0.717) is 11.5 Å². The number of carbonyl (C=O) groups excluding carboxylic acids is 1. The minimum Gasteiger partial charge on any atom is -0.353 e. The van der Waals surface area contributed by atoms with Crippen molar-refractivity contribution in [3.63, 3.8) is 0 Å². The Hall–Kier alpha value is -3.16. The Labute approximate surface area is 169 Å². The van der Waals surface area contributed by atoms with Gasteiger partial charge in [0.1, 0.15) is 6.54 Å². The van der Waals surface area contributed by atoms with Crippen LogP contribution in [0.4, 0.5) is 11.5 Å². The van der Waals surface area contributed by atoms with Crippen molar-refractivity contribution in [2.45, 2.75) is 46.1 Å². The number of carbonyl (C=O) groups is 1. The summed E-state index contributed by atoms with van der Waals surface area (Å²) in [4.78, 5) is 32.0. The normalized spacial score (nSPS) is 14.8. The van der Waals surface area contributed by atoms with Crippen LogP contribution in [0.1, 0.15) is 36.8 Å². The summed E-state index contributed by atoms with van der Waals surface area (Å²) in [7, 11) is 0. The van der Waals surface area contributed by atoms with Crippen LogP contribution in [0.5, 0.6) is 0 Å². The molecule has 0 spiro atoms. The van der Waals surface area contributed by atoms with E-state index in [1.54, 1.807) is 12.4 Å². The zero-order chi connectivity index (χ0) is 20.4. The minimum atomic E-state index is -0.339. The molecule has 0 bridgehead atoms. The van der Waals surface area contributed by atoms with Gasteiger partial charge in [-0.1, -0.05) is 30.5 Å². The van der Waals surface area contributed by atoms with Gasteiger partial charge in [0.25, 0.3) is 0 Å². The van der Waals surface area contributed by atoms with Crippen molar-refractivity contribution < 1.29 is 4.79 Å². The Bertz CT molecular complexity index is 1090. The summed E-state index contributed by atoms with van der Waals surface area (Å²) in [6.45, 7) is 5.61. The highest BCUT2D eigenvalue weighted by atomic mass is 16.2. The Kier molecular flexibility index (Phi) is 5.33. The molecule has 0 atom stereocenters. The summed E-state index contributed by atoms with van der Waals surface area (Å²) < 4.78 is 2.68. The van der Waals surface area contributed by atoms with Gasteiger partial charge in [-0.15, -0.1) is 5.10 Å². The molecule has 1 aromatic carbocycles. The van der Waals surface area contributed by atoms with Gasteiger partial charge < -0.3 is 10.2 Å². The number of hydrogen-bond donors (Lipinski definition) is 1. The van der Waals surface area contributed by atoms with Crippen LogP contribution in [0.2, 0.25) is 0 Å². The van der Waals surface area contributed by atoms with E-state index in [-0.39, 0.29) is 18.1 Å². The predicted octanol–water partition coefficient (Wildman–Crippen LogP) is 2.53. The fourth-order valence-electron chi connectivity index (χ4n) is 3.82. The molecule has 3 heterocycles. The second-order valence-corrected chi connectivity index (χ2v) is 7.65. The van der Waals surface area contributed by atoms with Crippen molar-refractivity contribution >= 4 is 23.1 Å². The van der Waals surface area contributed by atoms with Crippen LogP contribution in [0.15, 0.2) is 35.4 Å². The number of fused-ring (bicyclic) bond motifs is 1. The number of nitrogens with one attached hydrogen (secondary N) is 1. The van der Waals surface area contributed by atoms with Crippen molar-refractivity contribution in [3.8, 4) is 0 Å². The maximum Gasteiger partial charge on any atom is 0.350 e. The van der Waals surface area contributed by atoms with Crippen molar-refractivity contribution in [1.29, 1.82) is 0 Å².